The first kappa shape index (κ1) is 26.8. The first-order chi connectivity index (χ1) is 18.7. The maximum absolute atomic E-state index is 14.0. The number of anilines is 2. The Labute approximate surface area is 232 Å². The Morgan fingerprint density at radius 2 is 1.28 bits per heavy atom. The molecule has 3 aromatic rings. The van der Waals surface area contributed by atoms with Crippen molar-refractivity contribution in [3.63, 3.8) is 0 Å². The van der Waals surface area contributed by atoms with Gasteiger partial charge < -0.3 is 14.7 Å². The fraction of sp³-hybridized carbons (Fsp3) is 0.394. The molecule has 3 aromatic carbocycles. The van der Waals surface area contributed by atoms with Crippen molar-refractivity contribution in [2.75, 3.05) is 25.0 Å². The number of piperidine rings is 1. The van der Waals surface area contributed by atoms with Crippen LogP contribution in [0.25, 0.3) is 0 Å². The monoisotopic (exact) mass is 524 g/mol. The van der Waals surface area contributed by atoms with Gasteiger partial charge in [0.25, 0.3) is 0 Å². The standard InChI is InChI=1S/C33H40N4O2/c1-33(2,3)26-20-18-25(19-21-26)22-34(4)31(38)37-29-16-11-17-30(37)24-35(23-29)32(39)36(27-12-7-5-8-13-27)28-14-9-6-10-15-28/h5-10,12-15,18-21,29-30H,11,16-17,22-24H2,1-4H3/t29-,30+. The Morgan fingerprint density at radius 3 is 1.77 bits per heavy atom. The van der Waals surface area contributed by atoms with E-state index in [9.17, 15) is 9.59 Å². The molecule has 204 valence electrons. The van der Waals surface area contributed by atoms with E-state index in [0.717, 1.165) is 36.2 Å². The van der Waals surface area contributed by atoms with Gasteiger partial charge in [-0.3, -0.25) is 4.90 Å². The van der Waals surface area contributed by atoms with Crippen LogP contribution in [-0.2, 0) is 12.0 Å². The van der Waals surface area contributed by atoms with Crippen molar-refractivity contribution >= 4 is 23.4 Å². The van der Waals surface area contributed by atoms with Crippen LogP contribution in [0.2, 0.25) is 0 Å². The van der Waals surface area contributed by atoms with Gasteiger partial charge in [-0.25, -0.2) is 9.59 Å². The summed E-state index contributed by atoms with van der Waals surface area (Å²) in [6.07, 6.45) is 2.91. The molecule has 0 saturated carbocycles. The largest absolute Gasteiger partial charge is 0.329 e. The predicted molar refractivity (Wildman–Crippen MR) is 157 cm³/mol. The smallest absolute Gasteiger partial charge is 0.323 e. The molecular formula is C33H40N4O2. The van der Waals surface area contributed by atoms with Crippen molar-refractivity contribution in [2.45, 2.75) is 64.1 Å². The molecule has 4 amide bonds. The maximum atomic E-state index is 14.0. The SMILES string of the molecule is CN(Cc1ccc(C(C)(C)C)cc1)C(=O)N1[C@@H]2CCC[C@H]1CN(C(=O)N(c1ccccc1)c1ccccc1)C2. The summed E-state index contributed by atoms with van der Waals surface area (Å²) in [5.41, 5.74) is 4.20. The highest BCUT2D eigenvalue weighted by Gasteiger charge is 2.43. The number of urea groups is 2. The molecule has 2 saturated heterocycles. The zero-order chi connectivity index (χ0) is 27.6. The molecule has 0 aromatic heterocycles. The Hall–Kier alpha value is -3.80. The van der Waals surface area contributed by atoms with Crippen LogP contribution in [0, 0.1) is 0 Å². The average Bonchev–Trinajstić information content (AvgIpc) is 2.93. The van der Waals surface area contributed by atoms with E-state index in [1.54, 1.807) is 4.90 Å². The van der Waals surface area contributed by atoms with E-state index < -0.39 is 0 Å². The van der Waals surface area contributed by atoms with Gasteiger partial charge >= 0.3 is 12.1 Å². The van der Waals surface area contributed by atoms with E-state index in [-0.39, 0.29) is 29.6 Å². The third-order valence-electron chi connectivity index (χ3n) is 8.00. The van der Waals surface area contributed by atoms with Crippen LogP contribution in [0.15, 0.2) is 84.9 Å². The molecule has 2 aliphatic heterocycles. The zero-order valence-corrected chi connectivity index (χ0v) is 23.6. The number of carbonyl (C=O) groups is 2. The van der Waals surface area contributed by atoms with E-state index in [0.29, 0.717) is 19.6 Å². The van der Waals surface area contributed by atoms with Crippen LogP contribution in [0.5, 0.6) is 0 Å². The van der Waals surface area contributed by atoms with Crippen LogP contribution in [-0.4, -0.2) is 59.0 Å². The summed E-state index contributed by atoms with van der Waals surface area (Å²) in [6, 6.07) is 28.3. The lowest BCUT2D eigenvalue weighted by molar-refractivity contribution is 0.0237. The number of carbonyl (C=O) groups excluding carboxylic acids is 2. The van der Waals surface area contributed by atoms with Crippen LogP contribution >= 0.6 is 0 Å². The van der Waals surface area contributed by atoms with Gasteiger partial charge in [-0.1, -0.05) is 81.4 Å². The molecule has 2 fully saturated rings. The van der Waals surface area contributed by atoms with Gasteiger partial charge in [-0.15, -0.1) is 0 Å². The minimum atomic E-state index is -0.0382. The number of amides is 4. The molecule has 0 radical (unpaired) electrons. The van der Waals surface area contributed by atoms with Crippen LogP contribution < -0.4 is 4.90 Å². The van der Waals surface area contributed by atoms with Crippen LogP contribution in [0.3, 0.4) is 0 Å². The highest BCUT2D eigenvalue weighted by atomic mass is 16.2. The van der Waals surface area contributed by atoms with Crippen molar-refractivity contribution < 1.29 is 9.59 Å². The third-order valence-corrected chi connectivity index (χ3v) is 8.00. The Bertz CT molecular complexity index is 1220. The van der Waals surface area contributed by atoms with E-state index >= 15 is 0 Å². The summed E-state index contributed by atoms with van der Waals surface area (Å²) in [6.45, 7) is 8.29. The van der Waals surface area contributed by atoms with Gasteiger partial charge in [0.05, 0.1) is 23.5 Å². The number of para-hydroxylation sites is 2. The van der Waals surface area contributed by atoms with Gasteiger partial charge in [-0.2, -0.15) is 0 Å². The summed E-state index contributed by atoms with van der Waals surface area (Å²) in [7, 11) is 1.89. The summed E-state index contributed by atoms with van der Waals surface area (Å²) in [5.74, 6) is 0. The highest BCUT2D eigenvalue weighted by Crippen LogP contribution is 2.33. The first-order valence-corrected chi connectivity index (χ1v) is 14.0. The molecule has 0 aliphatic carbocycles. The number of nitrogens with zero attached hydrogens (tertiary/aromatic N) is 4. The molecule has 0 spiro atoms. The Morgan fingerprint density at radius 1 is 0.769 bits per heavy atom. The maximum Gasteiger partial charge on any atom is 0.329 e. The summed E-state index contributed by atoms with van der Waals surface area (Å²) < 4.78 is 0. The van der Waals surface area contributed by atoms with E-state index in [2.05, 4.69) is 49.9 Å². The molecule has 39 heavy (non-hydrogen) atoms. The van der Waals surface area contributed by atoms with E-state index in [1.165, 1.54) is 5.56 Å². The third kappa shape index (κ3) is 5.80. The number of hydrogen-bond donors (Lipinski definition) is 0. The molecule has 0 N–H and O–H groups in total. The van der Waals surface area contributed by atoms with Crippen molar-refractivity contribution in [2.24, 2.45) is 0 Å². The van der Waals surface area contributed by atoms with Gasteiger partial charge in [0.15, 0.2) is 0 Å². The summed E-state index contributed by atoms with van der Waals surface area (Å²) >= 11 is 0. The minimum Gasteiger partial charge on any atom is -0.323 e. The predicted octanol–water partition coefficient (Wildman–Crippen LogP) is 7.03. The lowest BCUT2D eigenvalue weighted by atomic mass is 9.87. The van der Waals surface area contributed by atoms with Crippen molar-refractivity contribution in [3.05, 3.63) is 96.1 Å². The summed E-state index contributed by atoms with van der Waals surface area (Å²) in [4.78, 5) is 35.4. The second kappa shape index (κ2) is 11.1. The first-order valence-electron chi connectivity index (χ1n) is 14.0. The molecule has 6 nitrogen and oxygen atoms in total. The number of benzene rings is 3. The molecule has 2 aliphatic rings. The van der Waals surface area contributed by atoms with Crippen LogP contribution in [0.1, 0.15) is 51.2 Å². The topological polar surface area (TPSA) is 47.1 Å². The number of fused-ring (bicyclic) bond motifs is 2. The fourth-order valence-corrected chi connectivity index (χ4v) is 5.89. The molecule has 5 rings (SSSR count). The zero-order valence-electron chi connectivity index (χ0n) is 23.6. The van der Waals surface area contributed by atoms with Crippen molar-refractivity contribution in [3.8, 4) is 0 Å². The highest BCUT2D eigenvalue weighted by molar-refractivity contribution is 5.99. The number of likely N-dealkylation sites (tertiary alicyclic amines) is 1. The van der Waals surface area contributed by atoms with Crippen molar-refractivity contribution in [1.29, 1.82) is 0 Å². The molecular weight excluding hydrogens is 484 g/mol. The molecule has 0 unspecified atom stereocenters. The van der Waals surface area contributed by atoms with Gasteiger partial charge in [0.2, 0.25) is 0 Å². The molecule has 2 heterocycles. The average molecular weight is 525 g/mol. The normalized spacial score (nSPS) is 19.0. The van der Waals surface area contributed by atoms with E-state index in [4.69, 9.17) is 0 Å². The lowest BCUT2D eigenvalue weighted by Gasteiger charge is -2.51. The van der Waals surface area contributed by atoms with Crippen molar-refractivity contribution in [1.82, 2.24) is 14.7 Å². The van der Waals surface area contributed by atoms with Gasteiger partial charge in [0.1, 0.15) is 0 Å². The van der Waals surface area contributed by atoms with E-state index in [1.807, 2.05) is 77.5 Å². The van der Waals surface area contributed by atoms with Gasteiger partial charge in [-0.05, 0) is 60.1 Å². The number of hydrogen-bond acceptors (Lipinski definition) is 2. The second-order valence-electron chi connectivity index (χ2n) is 11.9. The van der Waals surface area contributed by atoms with Gasteiger partial charge in [0, 0.05) is 26.7 Å². The fourth-order valence-electron chi connectivity index (χ4n) is 5.89. The molecule has 6 heteroatoms. The quantitative estimate of drug-likeness (QED) is 0.368. The second-order valence-corrected chi connectivity index (χ2v) is 11.9. The minimum absolute atomic E-state index is 0.0214. The Kier molecular flexibility index (Phi) is 7.65. The Balaban J connectivity index is 1.31. The van der Waals surface area contributed by atoms with Crippen LogP contribution in [0.4, 0.5) is 21.0 Å². The summed E-state index contributed by atoms with van der Waals surface area (Å²) in [5, 5.41) is 0. The molecule has 2 atom stereocenters. The number of rotatable bonds is 4. The lowest BCUT2D eigenvalue weighted by Crippen LogP contribution is -2.66. The number of piperazine rings is 1. The molecule has 2 bridgehead atoms.